The molecule has 0 aromatic heterocycles. The van der Waals surface area contributed by atoms with Gasteiger partial charge in [-0.25, -0.2) is 5.43 Å². The predicted octanol–water partition coefficient (Wildman–Crippen LogP) is 2.49. The molecule has 1 aliphatic rings. The number of nitrogens with zero attached hydrogens (tertiary/aromatic N) is 1. The number of carbonyl (C=O) groups is 1. The minimum Gasteiger partial charge on any atom is -0.454 e. The van der Waals surface area contributed by atoms with Gasteiger partial charge in [0.2, 0.25) is 6.79 Å². The van der Waals surface area contributed by atoms with E-state index in [0.29, 0.717) is 11.3 Å². The van der Waals surface area contributed by atoms with Crippen molar-refractivity contribution in [1.82, 2.24) is 5.43 Å². The van der Waals surface area contributed by atoms with Crippen molar-refractivity contribution in [3.63, 3.8) is 0 Å². The summed E-state index contributed by atoms with van der Waals surface area (Å²) in [5.74, 6) is 1.16. The van der Waals surface area contributed by atoms with Crippen LogP contribution >= 0.6 is 0 Å². The number of benzene rings is 2. The predicted molar refractivity (Wildman–Crippen MR) is 78.8 cm³/mol. The molecule has 0 fully saturated rings. The molecule has 0 saturated carbocycles. The lowest BCUT2D eigenvalue weighted by atomic mass is 10.1. The Hall–Kier alpha value is -2.82. The number of aryl methyl sites for hydroxylation is 1. The highest BCUT2D eigenvalue weighted by Crippen LogP contribution is 2.31. The third-order valence-corrected chi connectivity index (χ3v) is 3.06. The van der Waals surface area contributed by atoms with E-state index < -0.39 is 0 Å². The highest BCUT2D eigenvalue weighted by molar-refractivity contribution is 5.95. The molecule has 1 N–H and O–H groups in total. The van der Waals surface area contributed by atoms with Gasteiger partial charge in [0, 0.05) is 5.56 Å². The molecule has 5 nitrogen and oxygen atoms in total. The fourth-order valence-electron chi connectivity index (χ4n) is 2.01. The first-order valence-electron chi connectivity index (χ1n) is 6.52. The summed E-state index contributed by atoms with van der Waals surface area (Å²) in [5.41, 5.74) is 4.94. The monoisotopic (exact) mass is 282 g/mol. The lowest BCUT2D eigenvalue weighted by Crippen LogP contribution is -2.17. The standard InChI is InChI=1S/C16H14N2O3/c1-11-3-2-4-13(7-11)16(19)18-17-9-12-5-6-14-15(8-12)21-10-20-14/h2-9H,10H2,1H3,(H,18,19)/b17-9-. The molecule has 2 aromatic rings. The van der Waals surface area contributed by atoms with Crippen LogP contribution in [0, 0.1) is 6.92 Å². The number of carbonyl (C=O) groups excluding carboxylic acids is 1. The SMILES string of the molecule is Cc1cccc(C(=O)N/N=C\c2ccc3c(c2)OCO3)c1. The second-order valence-electron chi connectivity index (χ2n) is 4.68. The van der Waals surface area contributed by atoms with Gasteiger partial charge in [0.1, 0.15) is 0 Å². The van der Waals surface area contributed by atoms with Gasteiger partial charge in [-0.3, -0.25) is 4.79 Å². The van der Waals surface area contributed by atoms with Gasteiger partial charge in [-0.05, 0) is 42.8 Å². The van der Waals surface area contributed by atoms with Crippen molar-refractivity contribution in [1.29, 1.82) is 0 Å². The molecule has 3 rings (SSSR count). The summed E-state index contributed by atoms with van der Waals surface area (Å²) >= 11 is 0. The Balaban J connectivity index is 1.65. The smallest absolute Gasteiger partial charge is 0.271 e. The van der Waals surface area contributed by atoms with Crippen LogP contribution in [0.15, 0.2) is 47.6 Å². The van der Waals surface area contributed by atoms with E-state index in [-0.39, 0.29) is 12.7 Å². The fourth-order valence-corrected chi connectivity index (χ4v) is 2.01. The van der Waals surface area contributed by atoms with Crippen LogP contribution in [0.25, 0.3) is 0 Å². The van der Waals surface area contributed by atoms with E-state index in [0.717, 1.165) is 16.9 Å². The molecule has 0 radical (unpaired) electrons. The first kappa shape index (κ1) is 13.2. The Kier molecular flexibility index (Phi) is 3.55. The van der Waals surface area contributed by atoms with Gasteiger partial charge < -0.3 is 9.47 Å². The second kappa shape index (κ2) is 5.66. The number of hydrazone groups is 1. The summed E-state index contributed by atoms with van der Waals surface area (Å²) in [6.45, 7) is 2.17. The number of rotatable bonds is 3. The highest BCUT2D eigenvalue weighted by atomic mass is 16.7. The van der Waals surface area contributed by atoms with Crippen LogP contribution in [0.1, 0.15) is 21.5 Å². The average molecular weight is 282 g/mol. The molecule has 5 heteroatoms. The van der Waals surface area contributed by atoms with Crippen molar-refractivity contribution >= 4 is 12.1 Å². The van der Waals surface area contributed by atoms with Crippen LogP contribution in [0.4, 0.5) is 0 Å². The van der Waals surface area contributed by atoms with E-state index in [1.54, 1.807) is 12.3 Å². The molecule has 0 unspecified atom stereocenters. The molecule has 0 saturated heterocycles. The van der Waals surface area contributed by atoms with Crippen LogP contribution in [-0.4, -0.2) is 18.9 Å². The van der Waals surface area contributed by atoms with E-state index >= 15 is 0 Å². The van der Waals surface area contributed by atoms with Gasteiger partial charge in [0.25, 0.3) is 5.91 Å². The Morgan fingerprint density at radius 2 is 2.05 bits per heavy atom. The maximum atomic E-state index is 11.9. The zero-order valence-electron chi connectivity index (χ0n) is 11.5. The third-order valence-electron chi connectivity index (χ3n) is 3.06. The van der Waals surface area contributed by atoms with Crippen LogP contribution in [-0.2, 0) is 0 Å². The van der Waals surface area contributed by atoms with Crippen molar-refractivity contribution in [3.05, 3.63) is 59.2 Å². The molecule has 0 bridgehead atoms. The quantitative estimate of drug-likeness (QED) is 0.695. The summed E-state index contributed by atoms with van der Waals surface area (Å²) in [6.07, 6.45) is 1.57. The minimum atomic E-state index is -0.240. The highest BCUT2D eigenvalue weighted by Gasteiger charge is 2.12. The number of ether oxygens (including phenoxy) is 2. The second-order valence-corrected chi connectivity index (χ2v) is 4.68. The third kappa shape index (κ3) is 3.02. The summed E-state index contributed by atoms with van der Waals surface area (Å²) in [6, 6.07) is 12.8. The topological polar surface area (TPSA) is 59.9 Å². The van der Waals surface area contributed by atoms with Crippen molar-refractivity contribution in [2.45, 2.75) is 6.92 Å². The summed E-state index contributed by atoms with van der Waals surface area (Å²) in [4.78, 5) is 11.9. The summed E-state index contributed by atoms with van der Waals surface area (Å²) in [7, 11) is 0. The lowest BCUT2D eigenvalue weighted by Gasteiger charge is -2.01. The lowest BCUT2D eigenvalue weighted by molar-refractivity contribution is 0.0955. The Labute approximate surface area is 122 Å². The van der Waals surface area contributed by atoms with Gasteiger partial charge >= 0.3 is 0 Å². The molecule has 106 valence electrons. The number of nitrogens with one attached hydrogen (secondary N) is 1. The molecular formula is C16H14N2O3. The first-order valence-corrected chi connectivity index (χ1v) is 6.52. The Morgan fingerprint density at radius 1 is 1.19 bits per heavy atom. The van der Waals surface area contributed by atoms with Gasteiger partial charge in [-0.2, -0.15) is 5.10 Å². The number of fused-ring (bicyclic) bond motifs is 1. The maximum absolute atomic E-state index is 11.9. The molecule has 0 atom stereocenters. The molecule has 0 spiro atoms. The van der Waals surface area contributed by atoms with Crippen molar-refractivity contribution in [2.75, 3.05) is 6.79 Å². The fraction of sp³-hybridized carbons (Fsp3) is 0.125. The van der Waals surface area contributed by atoms with Crippen molar-refractivity contribution < 1.29 is 14.3 Å². The molecule has 1 heterocycles. The van der Waals surface area contributed by atoms with Crippen LogP contribution in [0.3, 0.4) is 0 Å². The number of hydrogen-bond acceptors (Lipinski definition) is 4. The van der Waals surface area contributed by atoms with Gasteiger partial charge in [0.05, 0.1) is 6.21 Å². The van der Waals surface area contributed by atoms with E-state index in [2.05, 4.69) is 10.5 Å². The molecule has 2 aromatic carbocycles. The summed E-state index contributed by atoms with van der Waals surface area (Å²) < 4.78 is 10.5. The van der Waals surface area contributed by atoms with Crippen LogP contribution < -0.4 is 14.9 Å². The van der Waals surface area contributed by atoms with E-state index in [1.807, 2.05) is 43.3 Å². The molecule has 1 amide bonds. The minimum absolute atomic E-state index is 0.236. The Bertz CT molecular complexity index is 710. The molecule has 1 aliphatic heterocycles. The maximum Gasteiger partial charge on any atom is 0.271 e. The Morgan fingerprint density at radius 3 is 2.90 bits per heavy atom. The summed E-state index contributed by atoms with van der Waals surface area (Å²) in [5, 5.41) is 3.95. The number of hydrogen-bond donors (Lipinski definition) is 1. The molecular weight excluding hydrogens is 268 g/mol. The molecule has 0 aliphatic carbocycles. The van der Waals surface area contributed by atoms with Gasteiger partial charge in [0.15, 0.2) is 11.5 Å². The average Bonchev–Trinajstić information content (AvgIpc) is 2.94. The van der Waals surface area contributed by atoms with Crippen LogP contribution in [0.5, 0.6) is 11.5 Å². The normalized spacial score (nSPS) is 12.6. The van der Waals surface area contributed by atoms with Gasteiger partial charge in [-0.1, -0.05) is 17.7 Å². The van der Waals surface area contributed by atoms with Gasteiger partial charge in [-0.15, -0.1) is 0 Å². The molecule has 21 heavy (non-hydrogen) atoms. The van der Waals surface area contributed by atoms with Crippen LogP contribution in [0.2, 0.25) is 0 Å². The van der Waals surface area contributed by atoms with E-state index in [9.17, 15) is 4.79 Å². The first-order chi connectivity index (χ1) is 10.2. The zero-order valence-corrected chi connectivity index (χ0v) is 11.5. The number of amides is 1. The van der Waals surface area contributed by atoms with Crippen molar-refractivity contribution in [3.8, 4) is 11.5 Å². The van der Waals surface area contributed by atoms with E-state index in [1.165, 1.54) is 0 Å². The van der Waals surface area contributed by atoms with E-state index in [4.69, 9.17) is 9.47 Å². The zero-order chi connectivity index (χ0) is 14.7. The van der Waals surface area contributed by atoms with Crippen molar-refractivity contribution in [2.24, 2.45) is 5.10 Å². The largest absolute Gasteiger partial charge is 0.454 e.